The predicted octanol–water partition coefficient (Wildman–Crippen LogP) is 2.86. The van der Waals surface area contributed by atoms with Gasteiger partial charge in [-0.05, 0) is 37.3 Å². The highest BCUT2D eigenvalue weighted by atomic mass is 16.5. The number of esters is 1. The summed E-state index contributed by atoms with van der Waals surface area (Å²) in [5.41, 5.74) is 2.45. The molecule has 1 aromatic rings. The van der Waals surface area contributed by atoms with Gasteiger partial charge in [-0.1, -0.05) is 42.5 Å². The zero-order chi connectivity index (χ0) is 15.8. The van der Waals surface area contributed by atoms with Crippen molar-refractivity contribution in [3.8, 4) is 0 Å². The van der Waals surface area contributed by atoms with Crippen molar-refractivity contribution >= 4 is 11.9 Å². The number of nitrogens with one attached hydrogen (secondary N) is 1. The molecular formula is C18H21NO3. The maximum atomic E-state index is 11.9. The van der Waals surface area contributed by atoms with E-state index in [1.807, 2.05) is 25.1 Å². The van der Waals surface area contributed by atoms with Crippen molar-refractivity contribution in [3.63, 3.8) is 0 Å². The lowest BCUT2D eigenvalue weighted by molar-refractivity contribution is -0.144. The zero-order valence-electron chi connectivity index (χ0n) is 12.7. The number of aryl methyl sites for hydroxylation is 1. The molecule has 0 heterocycles. The average molecular weight is 299 g/mol. The van der Waals surface area contributed by atoms with Gasteiger partial charge in [-0.3, -0.25) is 4.79 Å². The largest absolute Gasteiger partial charge is 0.452 e. The third kappa shape index (κ3) is 4.58. The number of hydrogen-bond donors (Lipinski definition) is 1. The highest BCUT2D eigenvalue weighted by molar-refractivity contribution is 5.86. The maximum Gasteiger partial charge on any atom is 0.331 e. The second-order valence-corrected chi connectivity index (χ2v) is 5.20. The molecule has 1 atom stereocenters. The van der Waals surface area contributed by atoms with E-state index in [2.05, 4.69) is 11.4 Å². The molecule has 0 bridgehead atoms. The van der Waals surface area contributed by atoms with Gasteiger partial charge in [-0.25, -0.2) is 4.79 Å². The van der Waals surface area contributed by atoms with Crippen LogP contribution in [0, 0.1) is 0 Å². The number of rotatable bonds is 5. The van der Waals surface area contributed by atoms with Gasteiger partial charge in [0.25, 0.3) is 5.91 Å². The Hall–Kier alpha value is -2.36. The molecule has 0 spiro atoms. The van der Waals surface area contributed by atoms with E-state index in [0.29, 0.717) is 0 Å². The monoisotopic (exact) mass is 299 g/mol. The Morgan fingerprint density at radius 3 is 2.95 bits per heavy atom. The normalized spacial score (nSPS) is 17.4. The molecule has 4 nitrogen and oxygen atoms in total. The van der Waals surface area contributed by atoms with Crippen LogP contribution in [-0.4, -0.2) is 18.5 Å². The van der Waals surface area contributed by atoms with Gasteiger partial charge in [0.2, 0.25) is 0 Å². The molecule has 22 heavy (non-hydrogen) atoms. The van der Waals surface area contributed by atoms with Crippen molar-refractivity contribution in [3.05, 3.63) is 59.7 Å². The molecule has 0 fully saturated rings. The van der Waals surface area contributed by atoms with E-state index in [9.17, 15) is 9.59 Å². The average Bonchev–Trinajstić information content (AvgIpc) is 2.54. The molecule has 116 valence electrons. The van der Waals surface area contributed by atoms with Crippen LogP contribution in [-0.2, 0) is 20.7 Å². The van der Waals surface area contributed by atoms with Gasteiger partial charge in [0.1, 0.15) is 0 Å². The molecule has 0 aromatic heterocycles. The van der Waals surface area contributed by atoms with Crippen LogP contribution >= 0.6 is 0 Å². The molecule has 1 aliphatic carbocycles. The summed E-state index contributed by atoms with van der Waals surface area (Å²) in [6.07, 6.45) is 9.41. The first kappa shape index (κ1) is 16.0. The van der Waals surface area contributed by atoms with Crippen LogP contribution in [0.5, 0.6) is 0 Å². The van der Waals surface area contributed by atoms with E-state index in [0.717, 1.165) is 19.3 Å². The lowest BCUT2D eigenvalue weighted by Crippen LogP contribution is -2.34. The van der Waals surface area contributed by atoms with Gasteiger partial charge in [0, 0.05) is 6.08 Å². The fourth-order valence-electron chi connectivity index (χ4n) is 2.57. The first-order valence-electron chi connectivity index (χ1n) is 7.54. The minimum atomic E-state index is -0.516. The van der Waals surface area contributed by atoms with Gasteiger partial charge in [-0.15, -0.1) is 0 Å². The highest BCUT2D eigenvalue weighted by Gasteiger charge is 2.21. The number of allylic oxidation sites excluding steroid dienone is 3. The van der Waals surface area contributed by atoms with Crippen LogP contribution in [0.2, 0.25) is 0 Å². The van der Waals surface area contributed by atoms with Crippen molar-refractivity contribution in [2.45, 2.75) is 32.2 Å². The van der Waals surface area contributed by atoms with E-state index < -0.39 is 5.97 Å². The summed E-state index contributed by atoms with van der Waals surface area (Å²) in [6, 6.07) is 8.15. The number of fused-ring (bicyclic) bond motifs is 1. The quantitative estimate of drug-likeness (QED) is 0.517. The van der Waals surface area contributed by atoms with Gasteiger partial charge in [-0.2, -0.15) is 0 Å². The molecule has 0 aliphatic heterocycles. The zero-order valence-corrected chi connectivity index (χ0v) is 12.7. The summed E-state index contributed by atoms with van der Waals surface area (Å²) in [7, 11) is 0. The Labute approximate surface area is 130 Å². The molecule has 2 rings (SSSR count). The van der Waals surface area contributed by atoms with Crippen molar-refractivity contribution < 1.29 is 14.3 Å². The van der Waals surface area contributed by atoms with Gasteiger partial charge < -0.3 is 10.1 Å². The number of benzene rings is 1. The van der Waals surface area contributed by atoms with Crippen molar-refractivity contribution in [2.24, 2.45) is 0 Å². The SMILES string of the molecule is C/C=C/C=C/C(=O)OCC(=O)N[C@H]1CCCc2ccccc21. The second-order valence-electron chi connectivity index (χ2n) is 5.20. The van der Waals surface area contributed by atoms with Crippen LogP contribution in [0.1, 0.15) is 36.9 Å². The molecule has 1 N–H and O–H groups in total. The van der Waals surface area contributed by atoms with Gasteiger partial charge in [0.05, 0.1) is 6.04 Å². The molecular weight excluding hydrogens is 278 g/mol. The topological polar surface area (TPSA) is 55.4 Å². The fourth-order valence-corrected chi connectivity index (χ4v) is 2.57. The standard InChI is InChI=1S/C18H21NO3/c1-2-3-4-12-18(21)22-13-17(20)19-16-11-7-9-14-8-5-6-10-15(14)16/h2-6,8,10,12,16H,7,9,11,13H2,1H3,(H,19,20)/b3-2+,12-4+/t16-/m0/s1. The summed E-state index contributed by atoms with van der Waals surface area (Å²) in [5.74, 6) is -0.785. The van der Waals surface area contributed by atoms with Gasteiger partial charge >= 0.3 is 5.97 Å². The van der Waals surface area contributed by atoms with E-state index in [1.54, 1.807) is 18.2 Å². The predicted molar refractivity (Wildman–Crippen MR) is 85.2 cm³/mol. The Morgan fingerprint density at radius 1 is 1.32 bits per heavy atom. The van der Waals surface area contributed by atoms with E-state index in [1.165, 1.54) is 17.2 Å². The summed E-state index contributed by atoms with van der Waals surface area (Å²) in [4.78, 5) is 23.3. The summed E-state index contributed by atoms with van der Waals surface area (Å²) in [6.45, 7) is 1.60. The number of carbonyl (C=O) groups excluding carboxylic acids is 2. The van der Waals surface area contributed by atoms with Crippen LogP contribution in [0.15, 0.2) is 48.6 Å². The maximum absolute atomic E-state index is 11.9. The smallest absolute Gasteiger partial charge is 0.331 e. The van der Waals surface area contributed by atoms with Crippen LogP contribution in [0.4, 0.5) is 0 Å². The minimum Gasteiger partial charge on any atom is -0.452 e. The van der Waals surface area contributed by atoms with E-state index in [-0.39, 0.29) is 18.6 Å². The third-order valence-corrected chi connectivity index (χ3v) is 3.59. The molecule has 1 amide bonds. The Balaban J connectivity index is 1.84. The number of hydrogen-bond acceptors (Lipinski definition) is 3. The van der Waals surface area contributed by atoms with E-state index in [4.69, 9.17) is 4.74 Å². The first-order chi connectivity index (χ1) is 10.7. The molecule has 0 saturated heterocycles. The Morgan fingerprint density at radius 2 is 2.14 bits per heavy atom. The highest BCUT2D eigenvalue weighted by Crippen LogP contribution is 2.29. The molecule has 1 aliphatic rings. The van der Waals surface area contributed by atoms with Crippen LogP contribution in [0.25, 0.3) is 0 Å². The summed E-state index contributed by atoms with van der Waals surface area (Å²) >= 11 is 0. The van der Waals surface area contributed by atoms with Crippen molar-refractivity contribution in [2.75, 3.05) is 6.61 Å². The van der Waals surface area contributed by atoms with Crippen molar-refractivity contribution in [1.82, 2.24) is 5.32 Å². The number of ether oxygens (including phenoxy) is 1. The molecule has 0 unspecified atom stereocenters. The lowest BCUT2D eigenvalue weighted by atomic mass is 9.88. The Kier molecular flexibility index (Phi) is 5.95. The first-order valence-corrected chi connectivity index (χ1v) is 7.54. The molecule has 0 saturated carbocycles. The van der Waals surface area contributed by atoms with E-state index >= 15 is 0 Å². The molecule has 0 radical (unpaired) electrons. The van der Waals surface area contributed by atoms with Crippen molar-refractivity contribution in [1.29, 1.82) is 0 Å². The van der Waals surface area contributed by atoms with Crippen LogP contribution in [0.3, 0.4) is 0 Å². The van der Waals surface area contributed by atoms with Crippen LogP contribution < -0.4 is 5.32 Å². The fraction of sp³-hybridized carbons (Fsp3) is 0.333. The lowest BCUT2D eigenvalue weighted by Gasteiger charge is -2.26. The Bertz CT molecular complexity index is 590. The number of amides is 1. The summed E-state index contributed by atoms with van der Waals surface area (Å²) < 4.78 is 4.91. The molecule has 1 aromatic carbocycles. The molecule has 4 heteroatoms. The third-order valence-electron chi connectivity index (χ3n) is 3.59. The summed E-state index contributed by atoms with van der Waals surface area (Å²) in [5, 5.41) is 2.94. The second kappa shape index (κ2) is 8.17. The minimum absolute atomic E-state index is 0.00900. The number of carbonyl (C=O) groups is 2. The van der Waals surface area contributed by atoms with Gasteiger partial charge in [0.15, 0.2) is 6.61 Å².